The van der Waals surface area contributed by atoms with E-state index in [1.165, 1.54) is 47.9 Å². The lowest BCUT2D eigenvalue weighted by Gasteiger charge is -2.15. The van der Waals surface area contributed by atoms with Crippen LogP contribution in [0.2, 0.25) is 0 Å². The molecule has 1 aromatic rings. The quantitative estimate of drug-likeness (QED) is 0.796. The summed E-state index contributed by atoms with van der Waals surface area (Å²) < 4.78 is 0. The van der Waals surface area contributed by atoms with Gasteiger partial charge < -0.3 is 10.2 Å². The average molecular weight is 293 g/mol. The number of anilines is 1. The SMILES string of the molecule is CCCc1nc(N(C)CC2CC2C)sc1CNC1CC1. The molecular weight excluding hydrogens is 266 g/mol. The molecule has 0 saturated heterocycles. The van der Waals surface area contributed by atoms with Crippen molar-refractivity contribution >= 4 is 16.5 Å². The first-order valence-electron chi connectivity index (χ1n) is 8.10. The molecule has 1 N–H and O–H groups in total. The Morgan fingerprint density at radius 2 is 2.15 bits per heavy atom. The third-order valence-electron chi connectivity index (χ3n) is 4.49. The molecule has 2 aliphatic rings. The highest BCUT2D eigenvalue weighted by atomic mass is 32.1. The van der Waals surface area contributed by atoms with Crippen LogP contribution in [0.15, 0.2) is 0 Å². The zero-order valence-corrected chi connectivity index (χ0v) is 13.8. The molecule has 0 aromatic carbocycles. The highest BCUT2D eigenvalue weighted by molar-refractivity contribution is 7.15. The van der Waals surface area contributed by atoms with Crippen LogP contribution >= 0.6 is 11.3 Å². The minimum absolute atomic E-state index is 0.778. The van der Waals surface area contributed by atoms with E-state index in [1.54, 1.807) is 0 Å². The molecule has 2 aliphatic carbocycles. The van der Waals surface area contributed by atoms with E-state index in [0.29, 0.717) is 0 Å². The van der Waals surface area contributed by atoms with Gasteiger partial charge in [0, 0.05) is 31.1 Å². The average Bonchev–Trinajstić information content (AvgIpc) is 3.32. The van der Waals surface area contributed by atoms with Gasteiger partial charge in [0.1, 0.15) is 0 Å². The number of aromatic nitrogens is 1. The molecule has 4 heteroatoms. The van der Waals surface area contributed by atoms with Crippen LogP contribution in [0.1, 0.15) is 50.1 Å². The maximum atomic E-state index is 4.91. The van der Waals surface area contributed by atoms with Gasteiger partial charge in [-0.3, -0.25) is 0 Å². The number of rotatable bonds is 8. The molecule has 0 bridgehead atoms. The maximum Gasteiger partial charge on any atom is 0.185 e. The van der Waals surface area contributed by atoms with Crippen LogP contribution in [0.25, 0.3) is 0 Å². The second-order valence-corrected chi connectivity index (χ2v) is 7.69. The van der Waals surface area contributed by atoms with Gasteiger partial charge in [0.15, 0.2) is 5.13 Å². The van der Waals surface area contributed by atoms with E-state index in [1.807, 2.05) is 11.3 Å². The van der Waals surface area contributed by atoms with E-state index in [4.69, 9.17) is 4.98 Å². The van der Waals surface area contributed by atoms with Gasteiger partial charge in [0.25, 0.3) is 0 Å². The summed E-state index contributed by atoms with van der Waals surface area (Å²) in [6.07, 6.45) is 6.41. The fraction of sp³-hybridized carbons (Fsp3) is 0.812. The minimum Gasteiger partial charge on any atom is -0.351 e. The second-order valence-electron chi connectivity index (χ2n) is 6.63. The van der Waals surface area contributed by atoms with E-state index in [0.717, 1.165) is 30.8 Å². The lowest BCUT2D eigenvalue weighted by Crippen LogP contribution is -2.20. The number of nitrogens with zero attached hydrogens (tertiary/aromatic N) is 2. The van der Waals surface area contributed by atoms with Gasteiger partial charge in [-0.15, -0.1) is 11.3 Å². The van der Waals surface area contributed by atoms with Crippen molar-refractivity contribution in [1.29, 1.82) is 0 Å². The summed E-state index contributed by atoms with van der Waals surface area (Å²) in [7, 11) is 2.21. The number of thiazole rings is 1. The normalized spacial score (nSPS) is 24.9. The Balaban J connectivity index is 1.64. The number of hydrogen-bond donors (Lipinski definition) is 1. The van der Waals surface area contributed by atoms with Gasteiger partial charge >= 0.3 is 0 Å². The first-order chi connectivity index (χ1) is 9.67. The molecule has 2 unspecified atom stereocenters. The molecule has 2 fully saturated rings. The Bertz CT molecular complexity index is 453. The van der Waals surface area contributed by atoms with Crippen LogP contribution in [0.4, 0.5) is 5.13 Å². The lowest BCUT2D eigenvalue weighted by molar-refractivity contribution is 0.686. The summed E-state index contributed by atoms with van der Waals surface area (Å²) in [6, 6.07) is 0.778. The van der Waals surface area contributed by atoms with Crippen molar-refractivity contribution in [2.45, 2.75) is 58.5 Å². The van der Waals surface area contributed by atoms with Crippen LogP contribution in [0.5, 0.6) is 0 Å². The molecule has 0 radical (unpaired) electrons. The van der Waals surface area contributed by atoms with Crippen molar-refractivity contribution in [1.82, 2.24) is 10.3 Å². The highest BCUT2D eigenvalue weighted by Gasteiger charge is 2.33. The standard InChI is InChI=1S/C16H27N3S/c1-4-5-14-15(9-17-13-6-7-13)20-16(18-14)19(3)10-12-8-11(12)2/h11-13,17H,4-10H2,1-3H3. The summed E-state index contributed by atoms with van der Waals surface area (Å²) in [5.41, 5.74) is 1.33. The topological polar surface area (TPSA) is 28.2 Å². The Labute approximate surface area is 126 Å². The summed E-state index contributed by atoms with van der Waals surface area (Å²) in [4.78, 5) is 8.74. The Morgan fingerprint density at radius 1 is 1.40 bits per heavy atom. The molecule has 112 valence electrons. The van der Waals surface area contributed by atoms with Gasteiger partial charge in [-0.1, -0.05) is 20.3 Å². The molecule has 3 rings (SSSR count). The van der Waals surface area contributed by atoms with Gasteiger partial charge in [-0.05, 0) is 37.5 Å². The maximum absolute atomic E-state index is 4.91. The second kappa shape index (κ2) is 6.02. The minimum atomic E-state index is 0.778. The van der Waals surface area contributed by atoms with Crippen LogP contribution in [-0.4, -0.2) is 24.6 Å². The van der Waals surface area contributed by atoms with Crippen molar-refractivity contribution in [2.75, 3.05) is 18.5 Å². The van der Waals surface area contributed by atoms with Crippen LogP contribution in [-0.2, 0) is 13.0 Å². The van der Waals surface area contributed by atoms with Crippen molar-refractivity contribution < 1.29 is 0 Å². The summed E-state index contributed by atoms with van der Waals surface area (Å²) in [5.74, 6) is 1.81. The smallest absolute Gasteiger partial charge is 0.185 e. The van der Waals surface area contributed by atoms with Gasteiger partial charge in [0.2, 0.25) is 0 Å². The fourth-order valence-electron chi connectivity index (χ4n) is 2.71. The summed E-state index contributed by atoms with van der Waals surface area (Å²) in [5, 5.41) is 4.86. The fourth-order valence-corrected chi connectivity index (χ4v) is 3.74. The van der Waals surface area contributed by atoms with E-state index >= 15 is 0 Å². The Hall–Kier alpha value is -0.610. The molecule has 0 spiro atoms. The molecule has 20 heavy (non-hydrogen) atoms. The van der Waals surface area contributed by atoms with Crippen LogP contribution in [0, 0.1) is 11.8 Å². The molecule has 2 atom stereocenters. The van der Waals surface area contributed by atoms with Gasteiger partial charge in [0.05, 0.1) is 5.69 Å². The Kier molecular flexibility index (Phi) is 4.32. The Morgan fingerprint density at radius 3 is 2.75 bits per heavy atom. The van der Waals surface area contributed by atoms with E-state index in [9.17, 15) is 0 Å². The van der Waals surface area contributed by atoms with Crippen molar-refractivity contribution in [3.63, 3.8) is 0 Å². The largest absolute Gasteiger partial charge is 0.351 e. The first kappa shape index (κ1) is 14.3. The summed E-state index contributed by atoms with van der Waals surface area (Å²) >= 11 is 1.90. The zero-order valence-electron chi connectivity index (χ0n) is 13.0. The third-order valence-corrected chi connectivity index (χ3v) is 5.71. The number of nitrogens with one attached hydrogen (secondary N) is 1. The van der Waals surface area contributed by atoms with E-state index < -0.39 is 0 Å². The molecular formula is C16H27N3S. The molecule has 2 saturated carbocycles. The van der Waals surface area contributed by atoms with E-state index in [2.05, 4.69) is 31.1 Å². The summed E-state index contributed by atoms with van der Waals surface area (Å²) in [6.45, 7) is 6.79. The predicted molar refractivity (Wildman–Crippen MR) is 86.5 cm³/mol. The molecule has 0 aliphatic heterocycles. The number of hydrogen-bond acceptors (Lipinski definition) is 4. The van der Waals surface area contributed by atoms with E-state index in [-0.39, 0.29) is 0 Å². The molecule has 0 amide bonds. The first-order valence-corrected chi connectivity index (χ1v) is 8.92. The molecule has 1 heterocycles. The molecule has 3 nitrogen and oxygen atoms in total. The van der Waals surface area contributed by atoms with Gasteiger partial charge in [-0.2, -0.15) is 0 Å². The highest BCUT2D eigenvalue weighted by Crippen LogP contribution is 2.39. The van der Waals surface area contributed by atoms with Crippen LogP contribution in [0.3, 0.4) is 0 Å². The molecule has 1 aromatic heterocycles. The predicted octanol–water partition coefficient (Wildman–Crippen LogP) is 3.44. The third kappa shape index (κ3) is 3.53. The van der Waals surface area contributed by atoms with Crippen molar-refractivity contribution in [3.05, 3.63) is 10.6 Å². The lowest BCUT2D eigenvalue weighted by atomic mass is 10.2. The van der Waals surface area contributed by atoms with Crippen molar-refractivity contribution in [2.24, 2.45) is 11.8 Å². The number of aryl methyl sites for hydroxylation is 1. The van der Waals surface area contributed by atoms with Gasteiger partial charge in [-0.25, -0.2) is 4.98 Å². The van der Waals surface area contributed by atoms with Crippen LogP contribution < -0.4 is 10.2 Å². The monoisotopic (exact) mass is 293 g/mol. The van der Waals surface area contributed by atoms with Crippen molar-refractivity contribution in [3.8, 4) is 0 Å². The zero-order chi connectivity index (χ0) is 14.1.